The van der Waals surface area contributed by atoms with E-state index >= 15 is 0 Å². The lowest BCUT2D eigenvalue weighted by atomic mass is 9.85. The zero-order valence-electron chi connectivity index (χ0n) is 18.1. The van der Waals surface area contributed by atoms with Crippen LogP contribution in [-0.2, 0) is 20.9 Å². The molecule has 1 saturated heterocycles. The van der Waals surface area contributed by atoms with Gasteiger partial charge in [-0.1, -0.05) is 62.7 Å². The Balaban J connectivity index is 1.92. The second-order valence-corrected chi connectivity index (χ2v) is 9.04. The number of anilines is 2. The van der Waals surface area contributed by atoms with Crippen LogP contribution in [0.1, 0.15) is 26.3 Å². The Hall–Kier alpha value is -3.39. The summed E-state index contributed by atoms with van der Waals surface area (Å²) in [5.74, 6) is -2.03. The number of imide groups is 1. The van der Waals surface area contributed by atoms with Crippen LogP contribution in [0.2, 0.25) is 5.02 Å². The normalized spacial score (nSPS) is 15.1. The first-order chi connectivity index (χ1) is 15.0. The summed E-state index contributed by atoms with van der Waals surface area (Å²) in [6.07, 6.45) is 0. The number of hydrogen-bond donors (Lipinski definition) is 2. The quantitative estimate of drug-likeness (QED) is 0.393. The molecular weight excluding hydrogens is 432 g/mol. The van der Waals surface area contributed by atoms with E-state index in [0.29, 0.717) is 5.69 Å². The highest BCUT2D eigenvalue weighted by Crippen LogP contribution is 2.28. The van der Waals surface area contributed by atoms with Crippen molar-refractivity contribution < 1.29 is 19.2 Å². The number of carbonyl (C=O) groups is 4. The van der Waals surface area contributed by atoms with Gasteiger partial charge < -0.3 is 16.0 Å². The molecule has 2 aromatic carbocycles. The van der Waals surface area contributed by atoms with Crippen LogP contribution in [0, 0.1) is 5.41 Å². The van der Waals surface area contributed by atoms with Crippen LogP contribution in [0.4, 0.5) is 16.2 Å². The molecule has 168 valence electrons. The molecule has 1 heterocycles. The molecule has 0 aliphatic carbocycles. The van der Waals surface area contributed by atoms with E-state index in [2.05, 4.69) is 5.32 Å². The van der Waals surface area contributed by atoms with E-state index in [-0.39, 0.29) is 23.8 Å². The third kappa shape index (κ3) is 4.91. The first kappa shape index (κ1) is 23.3. The van der Waals surface area contributed by atoms with Crippen molar-refractivity contribution in [3.8, 4) is 0 Å². The summed E-state index contributed by atoms with van der Waals surface area (Å²) in [5.41, 5.74) is 6.13. The number of nitrogens with one attached hydrogen (secondary N) is 1. The maximum Gasteiger partial charge on any atom is 0.328 e. The monoisotopic (exact) mass is 456 g/mol. The molecule has 0 bridgehead atoms. The van der Waals surface area contributed by atoms with Gasteiger partial charge >= 0.3 is 6.03 Å². The van der Waals surface area contributed by atoms with Gasteiger partial charge in [-0.15, -0.1) is 0 Å². The van der Waals surface area contributed by atoms with Gasteiger partial charge in [0, 0.05) is 17.6 Å². The Morgan fingerprint density at radius 2 is 1.78 bits per heavy atom. The van der Waals surface area contributed by atoms with Gasteiger partial charge in [-0.2, -0.15) is 0 Å². The number of ketones is 1. The summed E-state index contributed by atoms with van der Waals surface area (Å²) >= 11 is 6.13. The molecular formula is C23H25ClN4O4. The van der Waals surface area contributed by atoms with Crippen molar-refractivity contribution in [1.82, 2.24) is 9.80 Å². The number of carbonyl (C=O) groups excluding carboxylic acids is 4. The van der Waals surface area contributed by atoms with Crippen molar-refractivity contribution in [1.29, 1.82) is 0 Å². The molecule has 4 amide bonds. The highest BCUT2D eigenvalue weighted by molar-refractivity contribution is 6.34. The Bertz CT molecular complexity index is 1070. The predicted octanol–water partition coefficient (Wildman–Crippen LogP) is 3.31. The van der Waals surface area contributed by atoms with E-state index in [1.54, 1.807) is 26.8 Å². The number of rotatable bonds is 6. The van der Waals surface area contributed by atoms with Gasteiger partial charge in [0.25, 0.3) is 11.8 Å². The molecule has 1 aliphatic heterocycles. The van der Waals surface area contributed by atoms with Gasteiger partial charge in [-0.25, -0.2) is 9.69 Å². The number of nitrogens with zero attached hydrogens (tertiary/aromatic N) is 2. The molecule has 9 heteroatoms. The molecule has 0 aromatic heterocycles. The molecule has 32 heavy (non-hydrogen) atoms. The topological polar surface area (TPSA) is 113 Å². The Morgan fingerprint density at radius 1 is 1.12 bits per heavy atom. The van der Waals surface area contributed by atoms with E-state index in [4.69, 9.17) is 17.3 Å². The van der Waals surface area contributed by atoms with E-state index < -0.39 is 35.1 Å². The SMILES string of the molecule is CC(C)(C)C(=O)C(C(=O)Nc1cc(N)ccc1Cl)N1C(=O)CN(Cc2ccccc2)C1=O. The molecule has 2 aromatic rings. The van der Waals surface area contributed by atoms with E-state index in [1.807, 2.05) is 30.3 Å². The van der Waals surface area contributed by atoms with Gasteiger partial charge in [0.05, 0.1) is 10.7 Å². The van der Waals surface area contributed by atoms with Crippen molar-refractivity contribution in [2.24, 2.45) is 5.41 Å². The van der Waals surface area contributed by atoms with Crippen LogP contribution < -0.4 is 11.1 Å². The summed E-state index contributed by atoms with van der Waals surface area (Å²) in [4.78, 5) is 54.4. The molecule has 1 atom stereocenters. The van der Waals surface area contributed by atoms with Crippen LogP contribution in [0.15, 0.2) is 48.5 Å². The number of hydrogen-bond acceptors (Lipinski definition) is 5. The fraction of sp³-hybridized carbons (Fsp3) is 0.304. The zero-order valence-corrected chi connectivity index (χ0v) is 18.8. The second kappa shape index (κ2) is 9.00. The Labute approximate surface area is 191 Å². The third-order valence-electron chi connectivity index (χ3n) is 5.03. The van der Waals surface area contributed by atoms with Crippen LogP contribution in [0.3, 0.4) is 0 Å². The van der Waals surface area contributed by atoms with Crippen LogP contribution in [0.5, 0.6) is 0 Å². The number of amides is 4. The van der Waals surface area contributed by atoms with Crippen molar-refractivity contribution in [2.75, 3.05) is 17.6 Å². The average molecular weight is 457 g/mol. The van der Waals surface area contributed by atoms with Gasteiger partial charge in [0.15, 0.2) is 11.8 Å². The van der Waals surface area contributed by atoms with Crippen molar-refractivity contribution in [3.63, 3.8) is 0 Å². The number of urea groups is 1. The maximum atomic E-state index is 13.2. The minimum absolute atomic E-state index is 0.182. The zero-order chi connectivity index (χ0) is 23.6. The minimum Gasteiger partial charge on any atom is -0.399 e. The van der Waals surface area contributed by atoms with Crippen molar-refractivity contribution in [3.05, 3.63) is 59.1 Å². The fourth-order valence-electron chi connectivity index (χ4n) is 3.35. The lowest BCUT2D eigenvalue weighted by Crippen LogP contribution is -2.55. The molecule has 0 saturated carbocycles. The molecule has 1 aliphatic rings. The van der Waals surface area contributed by atoms with Crippen LogP contribution in [-0.4, -0.2) is 46.0 Å². The standard InChI is InChI=1S/C23H25ClN4O4/c1-23(2,3)20(30)19(21(31)26-17-11-15(25)9-10-16(17)24)28-18(29)13-27(22(28)32)12-14-7-5-4-6-8-14/h4-11,19H,12-13,25H2,1-3H3,(H,26,31). The Morgan fingerprint density at radius 3 is 2.41 bits per heavy atom. The number of nitrogen functional groups attached to an aromatic ring is 1. The van der Waals surface area contributed by atoms with E-state index in [9.17, 15) is 19.2 Å². The molecule has 8 nitrogen and oxygen atoms in total. The molecule has 3 rings (SSSR count). The van der Waals surface area contributed by atoms with Crippen molar-refractivity contribution in [2.45, 2.75) is 33.4 Å². The third-order valence-corrected chi connectivity index (χ3v) is 5.36. The second-order valence-electron chi connectivity index (χ2n) is 8.63. The average Bonchev–Trinajstić information content (AvgIpc) is 2.99. The Kier molecular flexibility index (Phi) is 6.55. The van der Waals surface area contributed by atoms with Gasteiger partial charge in [-0.05, 0) is 23.8 Å². The predicted molar refractivity (Wildman–Crippen MR) is 122 cm³/mol. The highest BCUT2D eigenvalue weighted by Gasteiger charge is 2.49. The number of nitrogens with two attached hydrogens (primary N) is 1. The summed E-state index contributed by atoms with van der Waals surface area (Å²) < 4.78 is 0. The summed E-state index contributed by atoms with van der Waals surface area (Å²) in [6, 6.07) is 11.3. The summed E-state index contributed by atoms with van der Waals surface area (Å²) in [5, 5.41) is 2.76. The highest BCUT2D eigenvalue weighted by atomic mass is 35.5. The van der Waals surface area contributed by atoms with E-state index in [0.717, 1.165) is 10.5 Å². The fourth-order valence-corrected chi connectivity index (χ4v) is 3.52. The largest absolute Gasteiger partial charge is 0.399 e. The molecule has 3 N–H and O–H groups in total. The van der Waals surface area contributed by atoms with E-state index in [1.165, 1.54) is 17.0 Å². The molecule has 0 spiro atoms. The molecule has 1 unspecified atom stereocenters. The first-order valence-electron chi connectivity index (χ1n) is 10.0. The maximum absolute atomic E-state index is 13.2. The van der Waals surface area contributed by atoms with Crippen molar-refractivity contribution >= 4 is 46.6 Å². The number of Topliss-reactive ketones (excluding diaryl/α,β-unsaturated/α-hetero) is 1. The number of benzene rings is 2. The minimum atomic E-state index is -1.65. The molecule has 0 radical (unpaired) electrons. The van der Waals surface area contributed by atoms with Crippen LogP contribution in [0.25, 0.3) is 0 Å². The lowest BCUT2D eigenvalue weighted by Gasteiger charge is -2.29. The number of halogens is 1. The van der Waals surface area contributed by atoms with Gasteiger partial charge in [-0.3, -0.25) is 14.4 Å². The summed E-state index contributed by atoms with van der Waals surface area (Å²) in [7, 11) is 0. The molecule has 1 fully saturated rings. The first-order valence-corrected chi connectivity index (χ1v) is 10.4. The summed E-state index contributed by atoms with van der Waals surface area (Å²) in [6.45, 7) is 4.82. The smallest absolute Gasteiger partial charge is 0.328 e. The lowest BCUT2D eigenvalue weighted by molar-refractivity contribution is -0.143. The van der Waals surface area contributed by atoms with Gasteiger partial charge in [0.2, 0.25) is 0 Å². The van der Waals surface area contributed by atoms with Gasteiger partial charge in [0.1, 0.15) is 6.54 Å². The van der Waals surface area contributed by atoms with Crippen LogP contribution >= 0.6 is 11.6 Å².